The summed E-state index contributed by atoms with van der Waals surface area (Å²) >= 11 is 5.83. The predicted octanol–water partition coefficient (Wildman–Crippen LogP) is 3.42. The lowest BCUT2D eigenvalue weighted by atomic mass is 10.1. The van der Waals surface area contributed by atoms with Gasteiger partial charge in [0.25, 0.3) is 0 Å². The first-order chi connectivity index (χ1) is 7.18. The maximum Gasteiger partial charge on any atom is 0.131 e. The van der Waals surface area contributed by atoms with Gasteiger partial charge in [-0.25, -0.2) is 4.98 Å². The molecule has 2 aromatic rings. The van der Waals surface area contributed by atoms with Crippen molar-refractivity contribution in [2.45, 2.75) is 6.92 Å². The molecule has 1 aromatic heterocycles. The third kappa shape index (κ3) is 1.95. The minimum absolute atomic E-state index is 0.251. The molecule has 0 aliphatic heterocycles. The molecule has 15 heavy (non-hydrogen) atoms. The van der Waals surface area contributed by atoms with Crippen molar-refractivity contribution in [2.75, 3.05) is 0 Å². The summed E-state index contributed by atoms with van der Waals surface area (Å²) in [6.07, 6.45) is 1.66. The third-order valence-electron chi connectivity index (χ3n) is 2.23. The first-order valence-corrected chi connectivity index (χ1v) is 4.97. The molecule has 0 fully saturated rings. The lowest BCUT2D eigenvalue weighted by molar-refractivity contribution is 0.477. The summed E-state index contributed by atoms with van der Waals surface area (Å²) in [5, 5.41) is 10.2. The van der Waals surface area contributed by atoms with E-state index >= 15 is 0 Å². The van der Waals surface area contributed by atoms with Gasteiger partial charge in [-0.3, -0.25) is 0 Å². The van der Waals surface area contributed by atoms with Crippen LogP contribution in [0.4, 0.5) is 0 Å². The van der Waals surface area contributed by atoms with Crippen molar-refractivity contribution in [3.63, 3.8) is 0 Å². The van der Waals surface area contributed by atoms with Crippen molar-refractivity contribution >= 4 is 11.6 Å². The van der Waals surface area contributed by atoms with Crippen molar-refractivity contribution < 1.29 is 5.11 Å². The average Bonchev–Trinajstić information content (AvgIpc) is 2.23. The van der Waals surface area contributed by atoms with Gasteiger partial charge < -0.3 is 5.11 Å². The van der Waals surface area contributed by atoms with Crippen LogP contribution in [0.5, 0.6) is 5.75 Å². The van der Waals surface area contributed by atoms with Crippen molar-refractivity contribution in [3.8, 4) is 16.9 Å². The fraction of sp³-hybridized carbons (Fsp3) is 0.0833. The van der Waals surface area contributed by atoms with Crippen molar-refractivity contribution in [3.05, 3.63) is 47.2 Å². The zero-order valence-electron chi connectivity index (χ0n) is 8.24. The first-order valence-electron chi connectivity index (χ1n) is 4.59. The highest BCUT2D eigenvalue weighted by Crippen LogP contribution is 2.29. The van der Waals surface area contributed by atoms with Gasteiger partial charge in [-0.15, -0.1) is 0 Å². The zero-order chi connectivity index (χ0) is 10.8. The Kier molecular flexibility index (Phi) is 2.60. The molecule has 0 spiro atoms. The van der Waals surface area contributed by atoms with Crippen LogP contribution in [0.15, 0.2) is 36.5 Å². The smallest absolute Gasteiger partial charge is 0.131 e. The first kappa shape index (κ1) is 9.99. The molecular weight excluding hydrogens is 210 g/mol. The number of hydrogen-bond donors (Lipinski definition) is 1. The zero-order valence-corrected chi connectivity index (χ0v) is 8.99. The van der Waals surface area contributed by atoms with Gasteiger partial charge >= 0.3 is 0 Å². The summed E-state index contributed by atoms with van der Waals surface area (Å²) in [6, 6.07) is 9.07. The van der Waals surface area contributed by atoms with Crippen LogP contribution < -0.4 is 0 Å². The Morgan fingerprint density at radius 1 is 1.27 bits per heavy atom. The summed E-state index contributed by atoms with van der Waals surface area (Å²) < 4.78 is 0. The second-order valence-electron chi connectivity index (χ2n) is 3.35. The molecule has 2 rings (SSSR count). The quantitative estimate of drug-likeness (QED) is 0.746. The van der Waals surface area contributed by atoms with E-state index in [4.69, 9.17) is 11.6 Å². The van der Waals surface area contributed by atoms with E-state index in [-0.39, 0.29) is 5.75 Å². The number of pyridine rings is 1. The molecule has 0 radical (unpaired) electrons. The summed E-state index contributed by atoms with van der Waals surface area (Å²) in [5.41, 5.74) is 2.54. The number of phenolic OH excluding ortho intramolecular Hbond substituents is 1. The molecule has 76 valence electrons. The largest absolute Gasteiger partial charge is 0.507 e. The van der Waals surface area contributed by atoms with Gasteiger partial charge in [0.15, 0.2) is 0 Å². The van der Waals surface area contributed by atoms with Gasteiger partial charge in [0.05, 0.1) is 0 Å². The fourth-order valence-corrected chi connectivity index (χ4v) is 1.53. The molecule has 1 N–H and O–H groups in total. The molecule has 1 heterocycles. The minimum Gasteiger partial charge on any atom is -0.507 e. The number of para-hydroxylation sites is 1. The Balaban J connectivity index is 2.55. The molecule has 3 heteroatoms. The topological polar surface area (TPSA) is 33.1 Å². The molecule has 0 bridgehead atoms. The molecular formula is C12H10ClNO. The number of aromatic hydroxyl groups is 1. The number of hydrogen-bond acceptors (Lipinski definition) is 2. The van der Waals surface area contributed by atoms with Crippen molar-refractivity contribution in [1.82, 2.24) is 4.98 Å². The van der Waals surface area contributed by atoms with Crippen LogP contribution in [-0.4, -0.2) is 10.1 Å². The molecule has 0 amide bonds. The van der Waals surface area contributed by atoms with Gasteiger partial charge in [0.1, 0.15) is 10.9 Å². The highest BCUT2D eigenvalue weighted by Gasteiger charge is 2.05. The highest BCUT2D eigenvalue weighted by molar-refractivity contribution is 6.30. The molecule has 0 aliphatic rings. The van der Waals surface area contributed by atoms with Gasteiger partial charge in [-0.05, 0) is 24.6 Å². The van der Waals surface area contributed by atoms with Crippen LogP contribution in [0.3, 0.4) is 0 Å². The minimum atomic E-state index is 0.251. The van der Waals surface area contributed by atoms with Crippen molar-refractivity contribution in [1.29, 1.82) is 0 Å². The number of aromatic nitrogens is 1. The average molecular weight is 220 g/mol. The van der Waals surface area contributed by atoms with E-state index in [1.807, 2.05) is 25.1 Å². The van der Waals surface area contributed by atoms with Gasteiger partial charge in [-0.2, -0.15) is 0 Å². The highest BCUT2D eigenvalue weighted by atomic mass is 35.5. The molecule has 0 atom stereocenters. The molecule has 0 aliphatic carbocycles. The number of aryl methyl sites for hydroxylation is 1. The summed E-state index contributed by atoms with van der Waals surface area (Å²) in [5.74, 6) is 0.251. The van der Waals surface area contributed by atoms with Gasteiger partial charge in [0.2, 0.25) is 0 Å². The molecule has 2 nitrogen and oxygen atoms in total. The van der Waals surface area contributed by atoms with E-state index in [1.54, 1.807) is 18.3 Å². The number of nitrogens with zero attached hydrogens (tertiary/aromatic N) is 1. The second kappa shape index (κ2) is 3.91. The molecule has 1 aromatic carbocycles. The van der Waals surface area contributed by atoms with Gasteiger partial charge in [0, 0.05) is 17.3 Å². The molecule has 0 saturated carbocycles. The Bertz CT molecular complexity index is 497. The second-order valence-corrected chi connectivity index (χ2v) is 3.71. The summed E-state index contributed by atoms with van der Waals surface area (Å²) in [6.45, 7) is 1.89. The van der Waals surface area contributed by atoms with Crippen molar-refractivity contribution in [2.24, 2.45) is 0 Å². The Labute approximate surface area is 93.2 Å². The van der Waals surface area contributed by atoms with Crippen LogP contribution in [0, 0.1) is 6.92 Å². The van der Waals surface area contributed by atoms with Crippen LogP contribution in [0.2, 0.25) is 5.15 Å². The van der Waals surface area contributed by atoms with Gasteiger partial charge in [-0.1, -0.05) is 29.8 Å². The number of benzene rings is 1. The molecule has 0 unspecified atom stereocenters. The fourth-order valence-electron chi connectivity index (χ4n) is 1.42. The Hall–Kier alpha value is -1.54. The molecule has 0 saturated heterocycles. The Morgan fingerprint density at radius 3 is 2.67 bits per heavy atom. The summed E-state index contributed by atoms with van der Waals surface area (Å²) in [7, 11) is 0. The van der Waals surface area contributed by atoms with Crippen LogP contribution in [-0.2, 0) is 0 Å². The lowest BCUT2D eigenvalue weighted by Gasteiger charge is -2.05. The maximum atomic E-state index is 9.66. The monoisotopic (exact) mass is 219 g/mol. The number of phenols is 1. The van der Waals surface area contributed by atoms with Crippen LogP contribution in [0.25, 0.3) is 11.1 Å². The Morgan fingerprint density at radius 2 is 2.00 bits per heavy atom. The predicted molar refractivity (Wildman–Crippen MR) is 61.1 cm³/mol. The normalized spacial score (nSPS) is 10.3. The van der Waals surface area contributed by atoms with E-state index in [2.05, 4.69) is 4.98 Å². The third-order valence-corrected chi connectivity index (χ3v) is 2.63. The standard InChI is InChI=1S/C12H10ClNO/c1-8-6-9(7-14-12(8)13)10-4-2-3-5-11(10)15/h2-7,15H,1H3. The van der Waals surface area contributed by atoms with Crippen LogP contribution >= 0.6 is 11.6 Å². The number of rotatable bonds is 1. The SMILES string of the molecule is Cc1cc(-c2ccccc2O)cnc1Cl. The van der Waals surface area contributed by atoms with E-state index < -0.39 is 0 Å². The lowest BCUT2D eigenvalue weighted by Crippen LogP contribution is -1.85. The van der Waals surface area contributed by atoms with E-state index in [1.165, 1.54) is 0 Å². The summed E-state index contributed by atoms with van der Waals surface area (Å²) in [4.78, 5) is 4.05. The van der Waals surface area contributed by atoms with E-state index in [0.29, 0.717) is 5.15 Å². The van der Waals surface area contributed by atoms with E-state index in [0.717, 1.165) is 16.7 Å². The number of halogens is 1. The van der Waals surface area contributed by atoms with Crippen LogP contribution in [0.1, 0.15) is 5.56 Å². The maximum absolute atomic E-state index is 9.66. The van der Waals surface area contributed by atoms with E-state index in [9.17, 15) is 5.11 Å².